The highest BCUT2D eigenvalue weighted by Gasteiger charge is 2.07. The third kappa shape index (κ3) is 8.70. The van der Waals surface area contributed by atoms with E-state index in [-0.39, 0.29) is 24.0 Å². The molecule has 0 saturated heterocycles. The van der Waals surface area contributed by atoms with E-state index in [1.54, 1.807) is 13.3 Å². The number of halogens is 1. The van der Waals surface area contributed by atoms with E-state index < -0.39 is 0 Å². The van der Waals surface area contributed by atoms with Gasteiger partial charge in [-0.25, -0.2) is 4.99 Å². The molecule has 0 aliphatic carbocycles. The summed E-state index contributed by atoms with van der Waals surface area (Å²) >= 11 is 0. The number of hydrogen-bond donors (Lipinski definition) is 2. The zero-order chi connectivity index (χ0) is 22.6. The molecule has 2 aromatic carbocycles. The molecule has 1 heterocycles. The van der Waals surface area contributed by atoms with Crippen LogP contribution in [-0.4, -0.2) is 42.6 Å². The van der Waals surface area contributed by atoms with Crippen molar-refractivity contribution in [1.29, 1.82) is 0 Å². The van der Waals surface area contributed by atoms with Crippen molar-refractivity contribution in [3.05, 3.63) is 83.2 Å². The second-order valence-electron chi connectivity index (χ2n) is 7.47. The molecule has 0 saturated carbocycles. The van der Waals surface area contributed by atoms with E-state index in [1.807, 2.05) is 23.0 Å². The SMILES string of the molecule is CCNC(=NCc1ccc(C)cc1OCCOC)NCc1ccccc1Cn1cccn1.I. The molecular formula is C25H34IN5O2. The number of benzene rings is 2. The quantitative estimate of drug-likeness (QED) is 0.159. The molecular weight excluding hydrogens is 529 g/mol. The molecule has 8 heteroatoms. The number of aliphatic imine (C=N–C) groups is 1. The van der Waals surface area contributed by atoms with Crippen molar-refractivity contribution in [2.75, 3.05) is 26.9 Å². The number of aromatic nitrogens is 2. The van der Waals surface area contributed by atoms with E-state index in [0.29, 0.717) is 26.3 Å². The van der Waals surface area contributed by atoms with Gasteiger partial charge in [0.05, 0.1) is 19.7 Å². The molecule has 0 fully saturated rings. The molecule has 0 radical (unpaired) electrons. The number of hydrogen-bond acceptors (Lipinski definition) is 4. The van der Waals surface area contributed by atoms with E-state index in [1.165, 1.54) is 11.1 Å². The minimum atomic E-state index is 0. The number of aryl methyl sites for hydroxylation is 1. The molecule has 2 N–H and O–H groups in total. The van der Waals surface area contributed by atoms with E-state index in [2.05, 4.69) is 66.0 Å². The Morgan fingerprint density at radius 1 is 1.03 bits per heavy atom. The Kier molecular flexibility index (Phi) is 11.7. The van der Waals surface area contributed by atoms with Crippen LogP contribution in [0.1, 0.15) is 29.2 Å². The molecule has 0 spiro atoms. The second-order valence-corrected chi connectivity index (χ2v) is 7.47. The molecule has 178 valence electrons. The standard InChI is InChI=1S/C25H33N5O2.HI/c1-4-26-25(28-18-22-11-10-20(2)16-24(22)32-15-14-31-3)27-17-21-8-5-6-9-23(21)19-30-13-7-12-29-30;/h5-13,16H,4,14-15,17-19H2,1-3H3,(H2,26,27,28);1H. The van der Waals surface area contributed by atoms with Crippen molar-refractivity contribution in [3.8, 4) is 5.75 Å². The van der Waals surface area contributed by atoms with Gasteiger partial charge >= 0.3 is 0 Å². The van der Waals surface area contributed by atoms with Crippen molar-refractivity contribution in [1.82, 2.24) is 20.4 Å². The lowest BCUT2D eigenvalue weighted by molar-refractivity contribution is 0.145. The number of rotatable bonds is 11. The summed E-state index contributed by atoms with van der Waals surface area (Å²) < 4.78 is 12.9. The van der Waals surface area contributed by atoms with Crippen LogP contribution in [-0.2, 0) is 24.4 Å². The number of nitrogens with zero attached hydrogens (tertiary/aromatic N) is 3. The molecule has 0 atom stereocenters. The number of guanidine groups is 1. The van der Waals surface area contributed by atoms with Gasteiger partial charge in [-0.1, -0.05) is 36.4 Å². The largest absolute Gasteiger partial charge is 0.491 e. The van der Waals surface area contributed by atoms with Crippen molar-refractivity contribution < 1.29 is 9.47 Å². The normalized spacial score (nSPS) is 11.1. The molecule has 0 bridgehead atoms. The molecule has 3 rings (SSSR count). The van der Waals surface area contributed by atoms with E-state index in [4.69, 9.17) is 14.5 Å². The summed E-state index contributed by atoms with van der Waals surface area (Å²) in [6.07, 6.45) is 3.78. The first-order valence-electron chi connectivity index (χ1n) is 11.0. The summed E-state index contributed by atoms with van der Waals surface area (Å²) in [5.74, 6) is 1.62. The average molecular weight is 563 g/mol. The smallest absolute Gasteiger partial charge is 0.191 e. The van der Waals surface area contributed by atoms with Gasteiger partial charge in [0, 0.05) is 38.2 Å². The number of nitrogens with one attached hydrogen (secondary N) is 2. The van der Waals surface area contributed by atoms with E-state index in [9.17, 15) is 0 Å². The Bertz CT molecular complexity index is 992. The van der Waals surface area contributed by atoms with Gasteiger partial charge in [0.1, 0.15) is 12.4 Å². The molecule has 3 aromatic rings. The van der Waals surface area contributed by atoms with Crippen LogP contribution in [0.3, 0.4) is 0 Å². The first kappa shape index (κ1) is 26.7. The van der Waals surface area contributed by atoms with Crippen molar-refractivity contribution >= 4 is 29.9 Å². The Hall–Kier alpha value is -2.59. The van der Waals surface area contributed by atoms with Gasteiger partial charge in [0.25, 0.3) is 0 Å². The maximum Gasteiger partial charge on any atom is 0.191 e. The maximum atomic E-state index is 5.90. The Morgan fingerprint density at radius 2 is 1.85 bits per heavy atom. The average Bonchev–Trinajstić information content (AvgIpc) is 3.31. The van der Waals surface area contributed by atoms with Crippen molar-refractivity contribution in [2.45, 2.75) is 33.5 Å². The molecule has 0 aliphatic heterocycles. The third-order valence-electron chi connectivity index (χ3n) is 4.98. The van der Waals surface area contributed by atoms with Crippen LogP contribution in [0.5, 0.6) is 5.75 Å². The predicted octanol–water partition coefficient (Wildman–Crippen LogP) is 4.14. The number of methoxy groups -OCH3 is 1. The zero-order valence-electron chi connectivity index (χ0n) is 19.6. The number of ether oxygens (including phenoxy) is 2. The lowest BCUT2D eigenvalue weighted by Gasteiger charge is -2.15. The first-order valence-corrected chi connectivity index (χ1v) is 11.0. The van der Waals surface area contributed by atoms with Gasteiger partial charge in [-0.05, 0) is 42.7 Å². The summed E-state index contributed by atoms with van der Waals surface area (Å²) in [6, 6.07) is 16.5. The van der Waals surface area contributed by atoms with Gasteiger partial charge < -0.3 is 20.1 Å². The van der Waals surface area contributed by atoms with Crippen LogP contribution < -0.4 is 15.4 Å². The third-order valence-corrected chi connectivity index (χ3v) is 4.98. The van der Waals surface area contributed by atoms with Crippen LogP contribution in [0.15, 0.2) is 65.9 Å². The minimum absolute atomic E-state index is 0. The van der Waals surface area contributed by atoms with Gasteiger partial charge in [0.2, 0.25) is 0 Å². The Morgan fingerprint density at radius 3 is 2.58 bits per heavy atom. The Balaban J connectivity index is 0.00000385. The highest BCUT2D eigenvalue weighted by molar-refractivity contribution is 14.0. The lowest BCUT2D eigenvalue weighted by Crippen LogP contribution is -2.37. The zero-order valence-corrected chi connectivity index (χ0v) is 21.9. The first-order chi connectivity index (χ1) is 15.7. The molecule has 7 nitrogen and oxygen atoms in total. The minimum Gasteiger partial charge on any atom is -0.491 e. The predicted molar refractivity (Wildman–Crippen MR) is 143 cm³/mol. The summed E-state index contributed by atoms with van der Waals surface area (Å²) in [7, 11) is 1.67. The molecule has 0 amide bonds. The molecule has 33 heavy (non-hydrogen) atoms. The fourth-order valence-electron chi connectivity index (χ4n) is 3.30. The lowest BCUT2D eigenvalue weighted by atomic mass is 10.1. The van der Waals surface area contributed by atoms with Crippen LogP contribution in [0.25, 0.3) is 0 Å². The summed E-state index contributed by atoms with van der Waals surface area (Å²) in [6.45, 7) is 7.91. The van der Waals surface area contributed by atoms with E-state index >= 15 is 0 Å². The highest BCUT2D eigenvalue weighted by atomic mass is 127. The molecule has 0 aliphatic rings. The molecule has 1 aromatic heterocycles. The van der Waals surface area contributed by atoms with Crippen LogP contribution in [0.2, 0.25) is 0 Å². The van der Waals surface area contributed by atoms with Crippen LogP contribution in [0, 0.1) is 6.92 Å². The summed E-state index contributed by atoms with van der Waals surface area (Å²) in [5.41, 5.74) is 4.64. The monoisotopic (exact) mass is 563 g/mol. The topological polar surface area (TPSA) is 72.7 Å². The highest BCUT2D eigenvalue weighted by Crippen LogP contribution is 2.21. The van der Waals surface area contributed by atoms with Crippen molar-refractivity contribution in [2.24, 2.45) is 4.99 Å². The van der Waals surface area contributed by atoms with E-state index in [0.717, 1.165) is 35.9 Å². The van der Waals surface area contributed by atoms with Gasteiger partial charge in [-0.15, -0.1) is 24.0 Å². The van der Waals surface area contributed by atoms with Gasteiger partial charge in [-0.2, -0.15) is 5.10 Å². The maximum absolute atomic E-state index is 5.90. The summed E-state index contributed by atoms with van der Waals surface area (Å²) in [5, 5.41) is 11.1. The Labute approximate surface area is 213 Å². The van der Waals surface area contributed by atoms with Crippen molar-refractivity contribution in [3.63, 3.8) is 0 Å². The van der Waals surface area contributed by atoms with Gasteiger partial charge in [-0.3, -0.25) is 4.68 Å². The second kappa shape index (κ2) is 14.5. The molecule has 0 unspecified atom stereocenters. The fraction of sp³-hybridized carbons (Fsp3) is 0.360. The van der Waals surface area contributed by atoms with Crippen LogP contribution >= 0.6 is 24.0 Å². The van der Waals surface area contributed by atoms with Gasteiger partial charge in [0.15, 0.2) is 5.96 Å². The fourth-order valence-corrected chi connectivity index (χ4v) is 3.30. The summed E-state index contributed by atoms with van der Waals surface area (Å²) in [4.78, 5) is 4.79. The van der Waals surface area contributed by atoms with Crippen LogP contribution in [0.4, 0.5) is 0 Å².